The van der Waals surface area contributed by atoms with Crippen LogP contribution in [0.25, 0.3) is 0 Å². The van der Waals surface area contributed by atoms with Crippen molar-refractivity contribution >= 4 is 11.6 Å². The van der Waals surface area contributed by atoms with Gasteiger partial charge in [-0.3, -0.25) is 9.69 Å². The summed E-state index contributed by atoms with van der Waals surface area (Å²) in [7, 11) is 0. The SMILES string of the molecule is CC(=O)N1c2c(ccc(O)c2O)C23CCN4CCCC5(CCOC452)CCC13. The zero-order chi connectivity index (χ0) is 18.6. The van der Waals surface area contributed by atoms with Crippen LogP contribution in [-0.2, 0) is 14.9 Å². The van der Waals surface area contributed by atoms with Crippen LogP contribution in [0.3, 0.4) is 0 Å². The van der Waals surface area contributed by atoms with Gasteiger partial charge in [0.05, 0.1) is 17.1 Å². The summed E-state index contributed by atoms with van der Waals surface area (Å²) in [5.74, 6) is -0.402. The van der Waals surface area contributed by atoms with E-state index in [1.165, 1.54) is 12.8 Å². The Morgan fingerprint density at radius 3 is 2.85 bits per heavy atom. The Morgan fingerprint density at radius 2 is 2.04 bits per heavy atom. The number of hydrogen-bond donors (Lipinski definition) is 2. The first-order valence-corrected chi connectivity index (χ1v) is 10.2. The summed E-state index contributed by atoms with van der Waals surface area (Å²) in [6.07, 6.45) is 6.37. The molecule has 5 aliphatic rings. The number of nitrogens with zero attached hydrogens (tertiary/aromatic N) is 2. The van der Waals surface area contributed by atoms with E-state index >= 15 is 0 Å². The molecular formula is C21H26N2O4. The first-order chi connectivity index (χ1) is 13.0. The molecule has 1 aromatic carbocycles. The molecule has 4 fully saturated rings. The maximum absolute atomic E-state index is 12.7. The van der Waals surface area contributed by atoms with Crippen molar-refractivity contribution in [3.05, 3.63) is 17.7 Å². The topological polar surface area (TPSA) is 73.2 Å². The average Bonchev–Trinajstić information content (AvgIpc) is 3.28. The number of phenols is 2. The molecule has 1 aromatic rings. The molecule has 6 nitrogen and oxygen atoms in total. The third-order valence-electron chi connectivity index (χ3n) is 8.49. The molecule has 4 atom stereocenters. The highest BCUT2D eigenvalue weighted by Crippen LogP contribution is 2.74. The van der Waals surface area contributed by atoms with E-state index in [1.807, 2.05) is 6.07 Å². The Bertz CT molecular complexity index is 872. The van der Waals surface area contributed by atoms with Gasteiger partial charge in [-0.1, -0.05) is 6.07 Å². The van der Waals surface area contributed by atoms with Gasteiger partial charge in [-0.2, -0.15) is 0 Å². The number of hydrogen-bond acceptors (Lipinski definition) is 5. The number of amides is 1. The predicted molar refractivity (Wildman–Crippen MR) is 98.8 cm³/mol. The molecule has 0 radical (unpaired) electrons. The number of anilines is 1. The van der Waals surface area contributed by atoms with Crippen LogP contribution in [0.5, 0.6) is 11.5 Å². The van der Waals surface area contributed by atoms with E-state index < -0.39 is 0 Å². The van der Waals surface area contributed by atoms with E-state index in [-0.39, 0.29) is 40.0 Å². The summed E-state index contributed by atoms with van der Waals surface area (Å²) in [6.45, 7) is 4.33. The third-order valence-corrected chi connectivity index (χ3v) is 8.49. The Hall–Kier alpha value is -1.79. The average molecular weight is 370 g/mol. The molecular weight excluding hydrogens is 344 g/mol. The van der Waals surface area contributed by atoms with Gasteiger partial charge in [-0.15, -0.1) is 0 Å². The van der Waals surface area contributed by atoms with Crippen molar-refractivity contribution in [2.45, 2.75) is 62.6 Å². The lowest BCUT2D eigenvalue weighted by Crippen LogP contribution is -2.73. The normalized spacial score (nSPS) is 41.8. The number of ether oxygens (including phenoxy) is 1. The number of phenolic OH excluding ortho intramolecular Hbond substituents is 2. The summed E-state index contributed by atoms with van der Waals surface area (Å²) in [6, 6.07) is 3.49. The lowest BCUT2D eigenvalue weighted by atomic mass is 9.50. The van der Waals surface area contributed by atoms with E-state index in [9.17, 15) is 15.0 Å². The van der Waals surface area contributed by atoms with Gasteiger partial charge in [0.25, 0.3) is 0 Å². The van der Waals surface area contributed by atoms with Gasteiger partial charge >= 0.3 is 0 Å². The quantitative estimate of drug-likeness (QED) is 0.687. The minimum atomic E-state index is -0.385. The molecule has 3 saturated heterocycles. The summed E-state index contributed by atoms with van der Waals surface area (Å²) >= 11 is 0. The van der Waals surface area contributed by atoms with E-state index in [1.54, 1.807) is 17.9 Å². The highest BCUT2D eigenvalue weighted by Gasteiger charge is 2.80. The minimum Gasteiger partial charge on any atom is -0.504 e. The van der Waals surface area contributed by atoms with Crippen LogP contribution in [0.1, 0.15) is 51.0 Å². The lowest BCUT2D eigenvalue weighted by Gasteiger charge is -2.62. The van der Waals surface area contributed by atoms with Gasteiger partial charge in [0.2, 0.25) is 5.91 Å². The van der Waals surface area contributed by atoms with Crippen molar-refractivity contribution in [1.29, 1.82) is 0 Å². The van der Waals surface area contributed by atoms with Gasteiger partial charge in [0.15, 0.2) is 11.5 Å². The zero-order valence-corrected chi connectivity index (χ0v) is 15.7. The third kappa shape index (κ3) is 1.47. The Kier molecular flexibility index (Phi) is 2.87. The van der Waals surface area contributed by atoms with Crippen LogP contribution in [0, 0.1) is 5.41 Å². The highest BCUT2D eigenvalue weighted by molar-refractivity contribution is 5.98. The van der Waals surface area contributed by atoms with Gasteiger partial charge in [0.1, 0.15) is 5.72 Å². The van der Waals surface area contributed by atoms with Gasteiger partial charge in [-0.25, -0.2) is 0 Å². The fraction of sp³-hybridized carbons (Fsp3) is 0.667. The summed E-state index contributed by atoms with van der Waals surface area (Å²) in [4.78, 5) is 17.0. The molecule has 2 N–H and O–H groups in total. The number of aromatic hydroxyl groups is 2. The molecule has 4 aliphatic heterocycles. The fourth-order valence-corrected chi connectivity index (χ4v) is 7.86. The summed E-state index contributed by atoms with van der Waals surface area (Å²) in [5.41, 5.74) is 0.933. The maximum Gasteiger partial charge on any atom is 0.224 e. The molecule has 1 amide bonds. The molecule has 0 bridgehead atoms. The standard InChI is InChI=1S/C21H26N2O4/c1-13(24)23-16-5-7-19-6-2-10-22-11-8-20(16,21(19,22)27-12-9-19)14-3-4-15(25)18(26)17(14)23/h3-4,16,25-26H,2,5-12H2,1H3. The number of carbonyl (C=O) groups is 1. The monoisotopic (exact) mass is 370 g/mol. The molecule has 4 unspecified atom stereocenters. The smallest absolute Gasteiger partial charge is 0.224 e. The maximum atomic E-state index is 12.7. The molecule has 27 heavy (non-hydrogen) atoms. The molecule has 0 aromatic heterocycles. The number of piperidine rings is 1. The van der Waals surface area contributed by atoms with Crippen molar-refractivity contribution in [2.75, 3.05) is 24.6 Å². The number of carbonyl (C=O) groups excluding carboxylic acids is 1. The Labute approximate surface area is 158 Å². The second kappa shape index (κ2) is 4.78. The van der Waals surface area contributed by atoms with E-state index in [4.69, 9.17) is 4.74 Å². The molecule has 1 saturated carbocycles. The fourth-order valence-electron chi connectivity index (χ4n) is 7.86. The molecule has 2 spiro atoms. The Morgan fingerprint density at radius 1 is 1.19 bits per heavy atom. The van der Waals surface area contributed by atoms with Crippen LogP contribution in [0.4, 0.5) is 5.69 Å². The van der Waals surface area contributed by atoms with Crippen molar-refractivity contribution in [3.8, 4) is 11.5 Å². The van der Waals surface area contributed by atoms with Crippen LogP contribution < -0.4 is 4.90 Å². The largest absolute Gasteiger partial charge is 0.504 e. The van der Waals surface area contributed by atoms with Crippen LogP contribution in [0.15, 0.2) is 12.1 Å². The van der Waals surface area contributed by atoms with E-state index in [2.05, 4.69) is 4.90 Å². The number of fused-ring (bicyclic) bond motifs is 1. The van der Waals surface area contributed by atoms with Gasteiger partial charge in [-0.05, 0) is 50.2 Å². The minimum absolute atomic E-state index is 0.0213. The van der Waals surface area contributed by atoms with Gasteiger partial charge in [0, 0.05) is 32.0 Å². The number of rotatable bonds is 0. The highest BCUT2D eigenvalue weighted by atomic mass is 16.5. The molecule has 6 heteroatoms. The lowest BCUT2D eigenvalue weighted by molar-refractivity contribution is -0.232. The van der Waals surface area contributed by atoms with Crippen molar-refractivity contribution in [3.63, 3.8) is 0 Å². The van der Waals surface area contributed by atoms with Crippen molar-refractivity contribution in [1.82, 2.24) is 4.90 Å². The first kappa shape index (κ1) is 16.2. The Balaban J connectivity index is 1.69. The zero-order valence-electron chi connectivity index (χ0n) is 15.7. The molecule has 6 rings (SSSR count). The molecule has 4 heterocycles. The van der Waals surface area contributed by atoms with Crippen molar-refractivity contribution in [2.24, 2.45) is 5.41 Å². The van der Waals surface area contributed by atoms with Crippen molar-refractivity contribution < 1.29 is 19.7 Å². The molecule has 144 valence electrons. The van der Waals surface area contributed by atoms with Gasteiger partial charge < -0.3 is 19.8 Å². The van der Waals surface area contributed by atoms with E-state index in [0.717, 1.165) is 50.9 Å². The molecule has 1 aliphatic carbocycles. The number of benzene rings is 1. The van der Waals surface area contributed by atoms with Crippen LogP contribution in [0.2, 0.25) is 0 Å². The first-order valence-electron chi connectivity index (χ1n) is 10.2. The second-order valence-electron chi connectivity index (χ2n) is 9.11. The second-order valence-corrected chi connectivity index (χ2v) is 9.11. The van der Waals surface area contributed by atoms with Crippen LogP contribution >= 0.6 is 0 Å². The summed E-state index contributed by atoms with van der Waals surface area (Å²) in [5, 5.41) is 20.9. The van der Waals surface area contributed by atoms with Crippen LogP contribution in [-0.4, -0.2) is 52.5 Å². The van der Waals surface area contributed by atoms with E-state index in [0.29, 0.717) is 5.69 Å². The predicted octanol–water partition coefficient (Wildman–Crippen LogP) is 2.47. The summed E-state index contributed by atoms with van der Waals surface area (Å²) < 4.78 is 6.73.